The zero-order valence-corrected chi connectivity index (χ0v) is 19.8. The molecule has 2 aromatic rings. The summed E-state index contributed by atoms with van der Waals surface area (Å²) in [5.74, 6) is -0.691. The second-order valence-corrected chi connectivity index (χ2v) is 11.8. The minimum absolute atomic E-state index is 0.0391. The molecule has 0 N–H and O–H groups in total. The maximum Gasteiger partial charge on any atom is 0.435 e. The average molecular weight is 529 g/mol. The standard InChI is InChI=1S/C23H23F8NO2S/c1-19(2,3)32-13-12-20(14-32,35(33,34)18-10-8-17(24)9-11-18)15-4-6-16(7-5-15)21(25,22(26,27)28)23(29,30)31/h4-11H,12-14H2,1-3H3/t20-/m0/s1. The number of alkyl halides is 7. The molecule has 2 aromatic carbocycles. The Balaban J connectivity index is 2.19. The van der Waals surface area contributed by atoms with Crippen molar-refractivity contribution < 1.29 is 43.5 Å². The van der Waals surface area contributed by atoms with Crippen LogP contribution in [0.5, 0.6) is 0 Å². The summed E-state index contributed by atoms with van der Waals surface area (Å²) >= 11 is 0. The molecule has 0 aliphatic carbocycles. The molecule has 1 saturated heterocycles. The summed E-state index contributed by atoms with van der Waals surface area (Å²) in [5.41, 5.74) is -7.94. The van der Waals surface area contributed by atoms with Gasteiger partial charge < -0.3 is 0 Å². The first-order valence-electron chi connectivity index (χ1n) is 10.5. The van der Waals surface area contributed by atoms with Gasteiger partial charge in [-0.25, -0.2) is 17.2 Å². The highest BCUT2D eigenvalue weighted by Gasteiger charge is 2.73. The normalized spacial score (nSPS) is 20.9. The molecule has 1 atom stereocenters. The van der Waals surface area contributed by atoms with Gasteiger partial charge in [-0.1, -0.05) is 24.3 Å². The smallest absolute Gasteiger partial charge is 0.296 e. The van der Waals surface area contributed by atoms with Crippen molar-refractivity contribution in [1.29, 1.82) is 0 Å². The van der Waals surface area contributed by atoms with Gasteiger partial charge in [0.15, 0.2) is 9.84 Å². The lowest BCUT2D eigenvalue weighted by atomic mass is 9.90. The van der Waals surface area contributed by atoms with Gasteiger partial charge in [0, 0.05) is 24.2 Å². The molecule has 0 saturated carbocycles. The van der Waals surface area contributed by atoms with Gasteiger partial charge in [-0.05, 0) is 57.0 Å². The number of halogens is 8. The van der Waals surface area contributed by atoms with E-state index < -0.39 is 49.5 Å². The van der Waals surface area contributed by atoms with Crippen LogP contribution in [0.3, 0.4) is 0 Å². The Bertz CT molecular complexity index is 1150. The van der Waals surface area contributed by atoms with Crippen LogP contribution in [0.25, 0.3) is 0 Å². The molecular weight excluding hydrogens is 506 g/mol. The first-order valence-corrected chi connectivity index (χ1v) is 11.9. The van der Waals surface area contributed by atoms with Gasteiger partial charge >= 0.3 is 18.0 Å². The van der Waals surface area contributed by atoms with E-state index in [1.54, 1.807) is 0 Å². The highest BCUT2D eigenvalue weighted by atomic mass is 32.2. The van der Waals surface area contributed by atoms with Gasteiger partial charge in [0.2, 0.25) is 0 Å². The number of benzene rings is 2. The van der Waals surface area contributed by atoms with Crippen molar-refractivity contribution in [3.8, 4) is 0 Å². The molecule has 0 amide bonds. The van der Waals surface area contributed by atoms with Gasteiger partial charge in [0.25, 0.3) is 0 Å². The summed E-state index contributed by atoms with van der Waals surface area (Å²) in [6.07, 6.45) is -12.6. The number of rotatable bonds is 4. The van der Waals surface area contributed by atoms with E-state index in [1.165, 1.54) is 0 Å². The van der Waals surface area contributed by atoms with Crippen LogP contribution in [0.4, 0.5) is 35.1 Å². The molecule has 35 heavy (non-hydrogen) atoms. The first kappa shape index (κ1) is 27.4. The predicted molar refractivity (Wildman–Crippen MR) is 113 cm³/mol. The minimum Gasteiger partial charge on any atom is -0.296 e. The summed E-state index contributed by atoms with van der Waals surface area (Å²) < 4.78 is 133. The summed E-state index contributed by atoms with van der Waals surface area (Å²) in [6, 6.07) is 6.16. The van der Waals surface area contributed by atoms with E-state index in [2.05, 4.69) is 0 Å². The van der Waals surface area contributed by atoms with Crippen molar-refractivity contribution in [3.63, 3.8) is 0 Å². The lowest BCUT2D eigenvalue weighted by molar-refractivity contribution is -0.348. The predicted octanol–water partition coefficient (Wildman–Crippen LogP) is 6.29. The van der Waals surface area contributed by atoms with Crippen molar-refractivity contribution in [2.45, 2.75) is 60.4 Å². The maximum absolute atomic E-state index is 14.5. The van der Waals surface area contributed by atoms with Crippen molar-refractivity contribution in [2.75, 3.05) is 13.1 Å². The van der Waals surface area contributed by atoms with Crippen LogP contribution in [0.2, 0.25) is 0 Å². The van der Waals surface area contributed by atoms with Crippen LogP contribution >= 0.6 is 0 Å². The SMILES string of the molecule is CC(C)(C)N1CC[C@](c2ccc(C(F)(C(F)(F)F)C(F)(F)F)cc2)(S(=O)(=O)c2ccc(F)cc2)C1. The topological polar surface area (TPSA) is 37.4 Å². The van der Waals surface area contributed by atoms with Gasteiger partial charge in [0.05, 0.1) is 4.90 Å². The van der Waals surface area contributed by atoms with E-state index in [0.717, 1.165) is 36.4 Å². The third-order valence-corrected chi connectivity index (χ3v) is 8.90. The Morgan fingerprint density at radius 1 is 0.800 bits per heavy atom. The molecule has 12 heteroatoms. The van der Waals surface area contributed by atoms with E-state index in [-0.39, 0.29) is 30.0 Å². The van der Waals surface area contributed by atoms with E-state index in [4.69, 9.17) is 0 Å². The maximum atomic E-state index is 14.5. The van der Waals surface area contributed by atoms with Gasteiger partial charge in [-0.15, -0.1) is 0 Å². The Morgan fingerprint density at radius 3 is 1.69 bits per heavy atom. The molecule has 1 aliphatic heterocycles. The van der Waals surface area contributed by atoms with Crippen molar-refractivity contribution in [3.05, 3.63) is 65.5 Å². The molecular formula is C23H23F8NO2S. The van der Waals surface area contributed by atoms with Crippen LogP contribution in [-0.2, 0) is 20.3 Å². The fourth-order valence-corrected chi connectivity index (χ4v) is 6.37. The zero-order valence-electron chi connectivity index (χ0n) is 18.9. The van der Waals surface area contributed by atoms with E-state index in [0.29, 0.717) is 12.1 Å². The fraction of sp³-hybridized carbons (Fsp3) is 0.478. The molecule has 3 rings (SSSR count). The lowest BCUT2D eigenvalue weighted by Gasteiger charge is -2.35. The van der Waals surface area contributed by atoms with Gasteiger partial charge in [-0.2, -0.15) is 26.3 Å². The molecule has 1 fully saturated rings. The minimum atomic E-state index is -6.29. The number of likely N-dealkylation sites (tertiary alicyclic amines) is 1. The Morgan fingerprint density at radius 2 is 1.29 bits per heavy atom. The summed E-state index contributed by atoms with van der Waals surface area (Å²) in [7, 11) is -4.31. The van der Waals surface area contributed by atoms with Crippen LogP contribution in [0, 0.1) is 5.82 Å². The zero-order chi connectivity index (χ0) is 26.7. The van der Waals surface area contributed by atoms with Crippen LogP contribution in [0.1, 0.15) is 38.3 Å². The lowest BCUT2D eigenvalue weighted by Crippen LogP contribution is -2.50. The average Bonchev–Trinajstić information content (AvgIpc) is 3.20. The summed E-state index contributed by atoms with van der Waals surface area (Å²) in [4.78, 5) is 1.55. The molecule has 0 aromatic heterocycles. The summed E-state index contributed by atoms with van der Waals surface area (Å²) in [6.45, 7) is 5.58. The molecule has 194 valence electrons. The number of sulfone groups is 1. The third-order valence-electron chi connectivity index (χ3n) is 6.41. The largest absolute Gasteiger partial charge is 0.435 e. The first-order chi connectivity index (χ1) is 15.8. The molecule has 0 radical (unpaired) electrons. The Labute approximate surface area is 197 Å². The second kappa shape index (κ2) is 8.43. The van der Waals surface area contributed by atoms with Crippen LogP contribution in [0.15, 0.2) is 53.4 Å². The highest BCUT2D eigenvalue weighted by Crippen LogP contribution is 2.54. The third kappa shape index (κ3) is 4.43. The highest BCUT2D eigenvalue weighted by molar-refractivity contribution is 7.92. The molecule has 0 bridgehead atoms. The van der Waals surface area contributed by atoms with E-state index in [9.17, 15) is 43.5 Å². The molecule has 3 nitrogen and oxygen atoms in total. The van der Waals surface area contributed by atoms with Crippen LogP contribution in [-0.4, -0.2) is 44.3 Å². The quantitative estimate of drug-likeness (QED) is 0.345. The van der Waals surface area contributed by atoms with Crippen molar-refractivity contribution >= 4 is 9.84 Å². The van der Waals surface area contributed by atoms with Crippen molar-refractivity contribution in [1.82, 2.24) is 4.90 Å². The number of hydrogen-bond acceptors (Lipinski definition) is 3. The van der Waals surface area contributed by atoms with Crippen LogP contribution < -0.4 is 0 Å². The molecule has 1 heterocycles. The molecule has 0 unspecified atom stereocenters. The number of hydrogen-bond donors (Lipinski definition) is 0. The molecule has 0 spiro atoms. The molecule has 1 aliphatic rings. The van der Waals surface area contributed by atoms with Crippen molar-refractivity contribution in [2.24, 2.45) is 0 Å². The van der Waals surface area contributed by atoms with E-state index in [1.807, 2.05) is 25.7 Å². The summed E-state index contributed by atoms with van der Waals surface area (Å²) in [5, 5.41) is 0. The van der Waals surface area contributed by atoms with E-state index >= 15 is 0 Å². The Hall–Kier alpha value is -2.21. The van der Waals surface area contributed by atoms with Gasteiger partial charge in [-0.3, -0.25) is 4.90 Å². The fourth-order valence-electron chi connectivity index (χ4n) is 4.30. The second-order valence-electron chi connectivity index (χ2n) is 9.53. The number of nitrogens with zero attached hydrogens (tertiary/aromatic N) is 1. The Kier molecular flexibility index (Phi) is 6.59. The van der Waals surface area contributed by atoms with Gasteiger partial charge in [0.1, 0.15) is 10.6 Å². The monoisotopic (exact) mass is 529 g/mol.